The minimum absolute atomic E-state index is 0.263. The smallest absolute Gasteiger partial charge is 0.333 e. The summed E-state index contributed by atoms with van der Waals surface area (Å²) in [7, 11) is 0. The van der Waals surface area contributed by atoms with Crippen molar-refractivity contribution in [3.63, 3.8) is 0 Å². The molecule has 1 aliphatic rings. The van der Waals surface area contributed by atoms with Crippen molar-refractivity contribution in [3.05, 3.63) is 12.2 Å². The molecule has 0 aromatic heterocycles. The highest BCUT2D eigenvalue weighted by molar-refractivity contribution is 5.87. The largest absolute Gasteiger partial charge is 0.459 e. The topological polar surface area (TPSA) is 76.4 Å². The second-order valence-corrected chi connectivity index (χ2v) is 4.56. The quantitative estimate of drug-likeness (QED) is 0.549. The van der Waals surface area contributed by atoms with Gasteiger partial charge in [0.1, 0.15) is 6.07 Å². The Labute approximate surface area is 106 Å². The van der Waals surface area contributed by atoms with E-state index >= 15 is 0 Å². The maximum Gasteiger partial charge on any atom is 0.333 e. The van der Waals surface area contributed by atoms with Gasteiger partial charge in [0.25, 0.3) is 0 Å². The Hall–Kier alpha value is -1.83. The Balaban J connectivity index is 2.33. The Morgan fingerprint density at radius 3 is 2.89 bits per heavy atom. The zero-order chi connectivity index (χ0) is 13.7. The summed E-state index contributed by atoms with van der Waals surface area (Å²) in [5.74, 6) is -1.02. The van der Waals surface area contributed by atoms with E-state index in [1.165, 1.54) is 0 Å². The lowest BCUT2D eigenvalue weighted by Gasteiger charge is -2.14. The maximum absolute atomic E-state index is 11.4. The summed E-state index contributed by atoms with van der Waals surface area (Å²) in [5, 5.41) is 8.65. The summed E-state index contributed by atoms with van der Waals surface area (Å²) in [6.45, 7) is 6.85. The molecule has 0 radical (unpaired) electrons. The Morgan fingerprint density at radius 2 is 2.39 bits per heavy atom. The number of esters is 2. The fourth-order valence-electron chi connectivity index (χ4n) is 1.73. The molecule has 3 unspecified atom stereocenters. The van der Waals surface area contributed by atoms with Crippen molar-refractivity contribution in [1.82, 2.24) is 0 Å². The third kappa shape index (κ3) is 3.88. The number of hydrogen-bond donors (Lipinski definition) is 0. The summed E-state index contributed by atoms with van der Waals surface area (Å²) < 4.78 is 9.96. The van der Waals surface area contributed by atoms with Crippen LogP contribution in [0.3, 0.4) is 0 Å². The van der Waals surface area contributed by atoms with Crippen LogP contribution in [0.1, 0.15) is 33.1 Å². The molecule has 5 nitrogen and oxygen atoms in total. The average Bonchev–Trinajstić information content (AvgIpc) is 2.67. The zero-order valence-corrected chi connectivity index (χ0v) is 10.6. The van der Waals surface area contributed by atoms with Gasteiger partial charge in [-0.15, -0.1) is 0 Å². The van der Waals surface area contributed by atoms with E-state index in [1.54, 1.807) is 13.8 Å². The molecule has 0 spiro atoms. The molecule has 18 heavy (non-hydrogen) atoms. The van der Waals surface area contributed by atoms with Crippen LogP contribution in [0, 0.1) is 17.2 Å². The molecular weight excluding hydrogens is 234 g/mol. The van der Waals surface area contributed by atoms with Crippen molar-refractivity contribution in [2.75, 3.05) is 0 Å². The highest BCUT2D eigenvalue weighted by atomic mass is 16.6. The third-order valence-electron chi connectivity index (χ3n) is 2.81. The molecule has 0 aromatic rings. The van der Waals surface area contributed by atoms with E-state index < -0.39 is 12.1 Å². The van der Waals surface area contributed by atoms with Crippen molar-refractivity contribution >= 4 is 11.9 Å². The van der Waals surface area contributed by atoms with E-state index in [-0.39, 0.29) is 18.0 Å². The molecule has 1 saturated heterocycles. The van der Waals surface area contributed by atoms with Gasteiger partial charge in [0.15, 0.2) is 6.10 Å². The summed E-state index contributed by atoms with van der Waals surface area (Å²) in [5.41, 5.74) is 0.353. The van der Waals surface area contributed by atoms with Gasteiger partial charge in [-0.1, -0.05) is 6.58 Å². The molecule has 1 aliphatic heterocycles. The van der Waals surface area contributed by atoms with E-state index in [0.717, 1.165) is 0 Å². The Morgan fingerprint density at radius 1 is 1.72 bits per heavy atom. The van der Waals surface area contributed by atoms with Crippen LogP contribution in [-0.2, 0) is 19.1 Å². The molecule has 3 atom stereocenters. The molecule has 0 saturated carbocycles. The minimum atomic E-state index is -0.629. The van der Waals surface area contributed by atoms with E-state index in [2.05, 4.69) is 6.58 Å². The summed E-state index contributed by atoms with van der Waals surface area (Å²) in [4.78, 5) is 22.6. The van der Waals surface area contributed by atoms with Crippen molar-refractivity contribution in [2.45, 2.75) is 45.3 Å². The molecule has 0 aliphatic carbocycles. The van der Waals surface area contributed by atoms with Crippen molar-refractivity contribution < 1.29 is 19.1 Å². The van der Waals surface area contributed by atoms with E-state index in [4.69, 9.17) is 14.7 Å². The van der Waals surface area contributed by atoms with Gasteiger partial charge in [-0.05, 0) is 26.7 Å². The third-order valence-corrected chi connectivity index (χ3v) is 2.81. The van der Waals surface area contributed by atoms with Gasteiger partial charge < -0.3 is 9.47 Å². The number of hydrogen-bond acceptors (Lipinski definition) is 5. The first kappa shape index (κ1) is 14.2. The van der Waals surface area contributed by atoms with Gasteiger partial charge in [-0.3, -0.25) is 4.79 Å². The monoisotopic (exact) mass is 251 g/mol. The molecule has 5 heteroatoms. The van der Waals surface area contributed by atoms with Gasteiger partial charge in [-0.25, -0.2) is 4.79 Å². The van der Waals surface area contributed by atoms with Crippen LogP contribution in [0.15, 0.2) is 12.2 Å². The first-order valence-corrected chi connectivity index (χ1v) is 5.90. The zero-order valence-electron chi connectivity index (χ0n) is 10.6. The predicted octanol–water partition coefficient (Wildman–Crippen LogP) is 1.73. The number of ether oxygens (including phenoxy) is 2. The number of rotatable bonds is 5. The molecule has 0 N–H and O–H groups in total. The maximum atomic E-state index is 11.4. The Kier molecular flexibility index (Phi) is 4.90. The summed E-state index contributed by atoms with van der Waals surface area (Å²) in [6.07, 6.45) is 0.647. The van der Waals surface area contributed by atoms with Crippen molar-refractivity contribution in [1.29, 1.82) is 5.26 Å². The average molecular weight is 251 g/mol. The van der Waals surface area contributed by atoms with Gasteiger partial charge in [0, 0.05) is 12.0 Å². The standard InChI is InChI=1S/C13H17NO4/c1-8(2)12(15)17-9(3)4-5-10-6-11(7-14)18-13(10)16/h9-11H,1,4-6H2,2-3H3. The molecule has 0 bridgehead atoms. The van der Waals surface area contributed by atoms with Crippen LogP contribution in [0.2, 0.25) is 0 Å². The first-order valence-electron chi connectivity index (χ1n) is 5.90. The van der Waals surface area contributed by atoms with E-state index in [0.29, 0.717) is 24.8 Å². The number of nitriles is 1. The number of carbonyl (C=O) groups is 2. The van der Waals surface area contributed by atoms with Gasteiger partial charge in [0.2, 0.25) is 0 Å². The molecular formula is C13H17NO4. The van der Waals surface area contributed by atoms with Crippen LogP contribution >= 0.6 is 0 Å². The van der Waals surface area contributed by atoms with Crippen molar-refractivity contribution in [2.24, 2.45) is 5.92 Å². The second-order valence-electron chi connectivity index (χ2n) is 4.56. The van der Waals surface area contributed by atoms with Gasteiger partial charge in [-0.2, -0.15) is 5.26 Å². The van der Waals surface area contributed by atoms with Crippen LogP contribution < -0.4 is 0 Å². The van der Waals surface area contributed by atoms with Crippen molar-refractivity contribution in [3.8, 4) is 6.07 Å². The number of cyclic esters (lactones) is 1. The highest BCUT2D eigenvalue weighted by Crippen LogP contribution is 2.25. The van der Waals surface area contributed by atoms with Gasteiger partial charge >= 0.3 is 11.9 Å². The van der Waals surface area contributed by atoms with Gasteiger partial charge in [0.05, 0.1) is 12.0 Å². The summed E-state index contributed by atoms with van der Waals surface area (Å²) in [6, 6.07) is 1.92. The van der Waals surface area contributed by atoms with E-state index in [9.17, 15) is 9.59 Å². The highest BCUT2D eigenvalue weighted by Gasteiger charge is 2.34. The molecule has 0 aromatic carbocycles. The minimum Gasteiger partial charge on any atom is -0.459 e. The lowest BCUT2D eigenvalue weighted by molar-refractivity contribution is -0.144. The normalized spacial score (nSPS) is 23.9. The molecule has 0 amide bonds. The molecule has 98 valence electrons. The Bertz CT molecular complexity index is 396. The fourth-order valence-corrected chi connectivity index (χ4v) is 1.73. The fraction of sp³-hybridized carbons (Fsp3) is 0.615. The predicted molar refractivity (Wildman–Crippen MR) is 63.2 cm³/mol. The van der Waals surface area contributed by atoms with Crippen LogP contribution in [-0.4, -0.2) is 24.1 Å². The second kappa shape index (κ2) is 6.20. The van der Waals surface area contributed by atoms with Crippen LogP contribution in [0.25, 0.3) is 0 Å². The van der Waals surface area contributed by atoms with E-state index in [1.807, 2.05) is 6.07 Å². The first-order chi connectivity index (χ1) is 8.43. The molecule has 1 heterocycles. The molecule has 1 rings (SSSR count). The van der Waals surface area contributed by atoms with Crippen LogP contribution in [0.5, 0.6) is 0 Å². The molecule has 1 fully saturated rings. The lowest BCUT2D eigenvalue weighted by atomic mass is 9.98. The lowest BCUT2D eigenvalue weighted by Crippen LogP contribution is -2.17. The summed E-state index contributed by atoms with van der Waals surface area (Å²) >= 11 is 0. The number of nitrogens with zero attached hydrogens (tertiary/aromatic N) is 1. The SMILES string of the molecule is C=C(C)C(=O)OC(C)CCC1CC(C#N)OC1=O. The number of carbonyl (C=O) groups excluding carboxylic acids is 2. The van der Waals surface area contributed by atoms with Crippen LogP contribution in [0.4, 0.5) is 0 Å².